The Kier molecular flexibility index (Phi) is 3.25. The van der Waals surface area contributed by atoms with Crippen molar-refractivity contribution in [2.45, 2.75) is 27.3 Å². The number of nitrogens with zero attached hydrogens (tertiary/aromatic N) is 3. The lowest BCUT2D eigenvalue weighted by molar-refractivity contribution is 0.661. The summed E-state index contributed by atoms with van der Waals surface area (Å²) in [5.41, 5.74) is 10.5. The second-order valence-electron chi connectivity index (χ2n) is 5.12. The second-order valence-corrected chi connectivity index (χ2v) is 5.12. The van der Waals surface area contributed by atoms with Gasteiger partial charge in [-0.1, -0.05) is 18.2 Å². The number of aromatic nitrogens is 3. The first-order valence-electron chi connectivity index (χ1n) is 7.06. The van der Waals surface area contributed by atoms with E-state index in [1.807, 2.05) is 43.7 Å². The minimum absolute atomic E-state index is 0.682. The summed E-state index contributed by atoms with van der Waals surface area (Å²) in [6, 6.07) is 10.2. The SMILES string of the molecule is CCn1nc(C)c(N)c1Nc1cccc2ccc(C)nc12. The van der Waals surface area contributed by atoms with Gasteiger partial charge in [0.05, 0.1) is 22.6 Å². The molecule has 0 aliphatic heterocycles. The van der Waals surface area contributed by atoms with Crippen molar-refractivity contribution in [1.29, 1.82) is 0 Å². The molecular formula is C16H19N5. The standard InChI is InChI=1S/C16H19N5/c1-4-21-16(14(17)11(3)20-21)19-13-7-5-6-12-9-8-10(2)18-15(12)13/h5-9,19H,4,17H2,1-3H3. The molecule has 5 nitrogen and oxygen atoms in total. The van der Waals surface area contributed by atoms with E-state index in [1.54, 1.807) is 0 Å². The fraction of sp³-hybridized carbons (Fsp3) is 0.250. The molecule has 5 heteroatoms. The van der Waals surface area contributed by atoms with Crippen LogP contribution in [-0.2, 0) is 6.54 Å². The highest BCUT2D eigenvalue weighted by atomic mass is 15.3. The molecule has 3 rings (SSSR count). The van der Waals surface area contributed by atoms with E-state index in [-0.39, 0.29) is 0 Å². The molecule has 1 aromatic carbocycles. The minimum Gasteiger partial charge on any atom is -0.394 e. The van der Waals surface area contributed by atoms with Crippen LogP contribution in [0, 0.1) is 13.8 Å². The number of nitrogens with two attached hydrogens (primary N) is 1. The Hall–Kier alpha value is -2.56. The van der Waals surface area contributed by atoms with Crippen LogP contribution in [-0.4, -0.2) is 14.8 Å². The summed E-state index contributed by atoms with van der Waals surface area (Å²) < 4.78 is 1.87. The number of nitrogens with one attached hydrogen (secondary N) is 1. The largest absolute Gasteiger partial charge is 0.394 e. The van der Waals surface area contributed by atoms with Crippen LogP contribution in [0.5, 0.6) is 0 Å². The van der Waals surface area contributed by atoms with Gasteiger partial charge in [-0.15, -0.1) is 0 Å². The lowest BCUT2D eigenvalue weighted by Crippen LogP contribution is -2.05. The first-order valence-corrected chi connectivity index (χ1v) is 7.06. The number of anilines is 3. The normalized spacial score (nSPS) is 11.0. The van der Waals surface area contributed by atoms with Gasteiger partial charge in [0.2, 0.25) is 0 Å². The number of nitrogen functional groups attached to an aromatic ring is 1. The van der Waals surface area contributed by atoms with Crippen LogP contribution in [0.15, 0.2) is 30.3 Å². The summed E-state index contributed by atoms with van der Waals surface area (Å²) >= 11 is 0. The molecule has 0 fully saturated rings. The summed E-state index contributed by atoms with van der Waals surface area (Å²) in [6.45, 7) is 6.71. The number of hydrogen-bond acceptors (Lipinski definition) is 4. The van der Waals surface area contributed by atoms with E-state index in [9.17, 15) is 0 Å². The van der Waals surface area contributed by atoms with Crippen molar-refractivity contribution in [3.63, 3.8) is 0 Å². The molecule has 0 bridgehead atoms. The molecule has 0 saturated carbocycles. The maximum atomic E-state index is 6.13. The van der Waals surface area contributed by atoms with Crippen LogP contribution in [0.2, 0.25) is 0 Å². The van der Waals surface area contributed by atoms with Crippen LogP contribution in [0.4, 0.5) is 17.2 Å². The average molecular weight is 281 g/mol. The zero-order chi connectivity index (χ0) is 15.0. The summed E-state index contributed by atoms with van der Waals surface area (Å²) in [5, 5.41) is 8.93. The van der Waals surface area contributed by atoms with Crippen molar-refractivity contribution in [3.05, 3.63) is 41.7 Å². The van der Waals surface area contributed by atoms with Gasteiger partial charge < -0.3 is 11.1 Å². The Morgan fingerprint density at radius 3 is 2.76 bits per heavy atom. The fourth-order valence-corrected chi connectivity index (χ4v) is 2.43. The first kappa shape index (κ1) is 13.4. The fourth-order valence-electron chi connectivity index (χ4n) is 2.43. The van der Waals surface area contributed by atoms with Crippen molar-refractivity contribution in [2.24, 2.45) is 0 Å². The number of fused-ring (bicyclic) bond motifs is 1. The van der Waals surface area contributed by atoms with Crippen LogP contribution < -0.4 is 11.1 Å². The van der Waals surface area contributed by atoms with Crippen LogP contribution in [0.1, 0.15) is 18.3 Å². The van der Waals surface area contributed by atoms with Crippen LogP contribution >= 0.6 is 0 Å². The number of hydrogen-bond donors (Lipinski definition) is 2. The molecule has 0 saturated heterocycles. The van der Waals surface area contributed by atoms with E-state index in [0.717, 1.165) is 40.3 Å². The predicted octanol–water partition coefficient (Wildman–Crippen LogP) is 3.39. The van der Waals surface area contributed by atoms with Crippen molar-refractivity contribution in [3.8, 4) is 0 Å². The summed E-state index contributed by atoms with van der Waals surface area (Å²) in [5.74, 6) is 0.825. The van der Waals surface area contributed by atoms with Crippen LogP contribution in [0.3, 0.4) is 0 Å². The summed E-state index contributed by atoms with van der Waals surface area (Å²) in [4.78, 5) is 4.63. The summed E-state index contributed by atoms with van der Waals surface area (Å²) in [6.07, 6.45) is 0. The highest BCUT2D eigenvalue weighted by Gasteiger charge is 2.13. The number of para-hydroxylation sites is 1. The summed E-state index contributed by atoms with van der Waals surface area (Å²) in [7, 11) is 0. The second kappa shape index (κ2) is 5.09. The Balaban J connectivity index is 2.12. The highest BCUT2D eigenvalue weighted by molar-refractivity contribution is 5.93. The monoisotopic (exact) mass is 281 g/mol. The number of pyridine rings is 1. The Labute approximate surface area is 123 Å². The van der Waals surface area contributed by atoms with Crippen molar-refractivity contribution >= 4 is 28.1 Å². The molecule has 3 N–H and O–H groups in total. The molecule has 0 spiro atoms. The molecule has 0 atom stereocenters. The zero-order valence-electron chi connectivity index (χ0n) is 12.5. The number of aryl methyl sites for hydroxylation is 3. The van der Waals surface area contributed by atoms with Gasteiger partial charge in [-0.3, -0.25) is 4.98 Å². The number of benzene rings is 1. The van der Waals surface area contributed by atoms with E-state index in [1.165, 1.54) is 0 Å². The van der Waals surface area contributed by atoms with Gasteiger partial charge in [0, 0.05) is 17.6 Å². The van der Waals surface area contributed by atoms with Crippen molar-refractivity contribution < 1.29 is 0 Å². The van der Waals surface area contributed by atoms with Gasteiger partial charge in [0.25, 0.3) is 0 Å². The van der Waals surface area contributed by atoms with E-state index < -0.39 is 0 Å². The molecule has 0 amide bonds. The van der Waals surface area contributed by atoms with E-state index in [0.29, 0.717) is 5.69 Å². The zero-order valence-corrected chi connectivity index (χ0v) is 12.5. The third kappa shape index (κ3) is 2.31. The highest BCUT2D eigenvalue weighted by Crippen LogP contribution is 2.29. The molecule has 0 aliphatic carbocycles. The molecule has 0 radical (unpaired) electrons. The van der Waals surface area contributed by atoms with E-state index in [4.69, 9.17) is 5.73 Å². The topological polar surface area (TPSA) is 68.8 Å². The number of rotatable bonds is 3. The molecule has 2 aromatic heterocycles. The third-order valence-electron chi connectivity index (χ3n) is 3.59. The Morgan fingerprint density at radius 1 is 1.19 bits per heavy atom. The molecule has 2 heterocycles. The Morgan fingerprint density at radius 2 is 2.00 bits per heavy atom. The average Bonchev–Trinajstić information content (AvgIpc) is 2.75. The van der Waals surface area contributed by atoms with Gasteiger partial charge in [0.1, 0.15) is 0 Å². The lowest BCUT2D eigenvalue weighted by Gasteiger charge is -2.11. The molecular weight excluding hydrogens is 262 g/mol. The quantitative estimate of drug-likeness (QED) is 0.772. The Bertz CT molecular complexity index is 804. The lowest BCUT2D eigenvalue weighted by atomic mass is 10.1. The molecule has 0 aliphatic rings. The molecule has 21 heavy (non-hydrogen) atoms. The van der Waals surface area contributed by atoms with Gasteiger partial charge in [-0.05, 0) is 32.9 Å². The van der Waals surface area contributed by atoms with Crippen molar-refractivity contribution in [2.75, 3.05) is 11.1 Å². The van der Waals surface area contributed by atoms with Crippen molar-refractivity contribution in [1.82, 2.24) is 14.8 Å². The van der Waals surface area contributed by atoms with Gasteiger partial charge in [-0.25, -0.2) is 4.68 Å². The minimum atomic E-state index is 0.682. The van der Waals surface area contributed by atoms with Gasteiger partial charge >= 0.3 is 0 Å². The maximum Gasteiger partial charge on any atom is 0.152 e. The predicted molar refractivity (Wildman–Crippen MR) is 86.8 cm³/mol. The van der Waals surface area contributed by atoms with Gasteiger partial charge in [0.15, 0.2) is 5.82 Å². The first-order chi connectivity index (χ1) is 10.1. The smallest absolute Gasteiger partial charge is 0.152 e. The molecule has 0 unspecified atom stereocenters. The van der Waals surface area contributed by atoms with E-state index in [2.05, 4.69) is 27.5 Å². The molecule has 3 aromatic rings. The van der Waals surface area contributed by atoms with Gasteiger partial charge in [-0.2, -0.15) is 5.10 Å². The molecule has 108 valence electrons. The van der Waals surface area contributed by atoms with Crippen LogP contribution in [0.25, 0.3) is 10.9 Å². The maximum absolute atomic E-state index is 6.13. The third-order valence-corrected chi connectivity index (χ3v) is 3.59. The van der Waals surface area contributed by atoms with E-state index >= 15 is 0 Å².